The molecule has 3 nitrogen and oxygen atoms in total. The molecule has 0 saturated carbocycles. The lowest BCUT2D eigenvalue weighted by Gasteiger charge is -2.19. The van der Waals surface area contributed by atoms with Gasteiger partial charge in [0.2, 0.25) is 0 Å². The Labute approximate surface area is 112 Å². The van der Waals surface area contributed by atoms with Crippen molar-refractivity contribution in [3.05, 3.63) is 66.4 Å². The summed E-state index contributed by atoms with van der Waals surface area (Å²) in [6, 6.07) is 18.4. The molecule has 0 aliphatic heterocycles. The average Bonchev–Trinajstić information content (AvgIpc) is 2.89. The van der Waals surface area contributed by atoms with Gasteiger partial charge < -0.3 is 4.74 Å². The highest BCUT2D eigenvalue weighted by atomic mass is 16.5. The molecular formula is C16H16N2O. The van der Waals surface area contributed by atoms with E-state index in [1.165, 1.54) is 0 Å². The maximum Gasteiger partial charge on any atom is 0.176 e. The molecule has 0 fully saturated rings. The van der Waals surface area contributed by atoms with E-state index >= 15 is 0 Å². The summed E-state index contributed by atoms with van der Waals surface area (Å²) in [5.41, 5.74) is 2.20. The molecule has 0 bridgehead atoms. The van der Waals surface area contributed by atoms with Crippen molar-refractivity contribution in [3.8, 4) is 0 Å². The first-order chi connectivity index (χ1) is 9.40. The summed E-state index contributed by atoms with van der Waals surface area (Å²) < 4.78 is 7.82. The van der Waals surface area contributed by atoms with Crippen molar-refractivity contribution in [2.24, 2.45) is 0 Å². The van der Waals surface area contributed by atoms with E-state index in [0.717, 1.165) is 16.5 Å². The second-order valence-electron chi connectivity index (χ2n) is 4.37. The van der Waals surface area contributed by atoms with Gasteiger partial charge in [-0.3, -0.25) is 0 Å². The van der Waals surface area contributed by atoms with Crippen LogP contribution in [-0.2, 0) is 4.74 Å². The molecule has 1 unspecified atom stereocenters. The van der Waals surface area contributed by atoms with E-state index in [-0.39, 0.29) is 6.23 Å². The van der Waals surface area contributed by atoms with Crippen molar-refractivity contribution in [3.63, 3.8) is 0 Å². The summed E-state index contributed by atoms with van der Waals surface area (Å²) in [5, 5.41) is 5.61. The standard InChI is InChI=1S/C16H16N2O/c1-2-19-16(13-8-4-3-5-9-13)18-15-11-7-6-10-14(15)12-17-18/h3-12,16H,2H2,1H3. The fourth-order valence-corrected chi connectivity index (χ4v) is 2.26. The van der Waals surface area contributed by atoms with E-state index in [2.05, 4.69) is 29.4 Å². The molecule has 1 heterocycles. The topological polar surface area (TPSA) is 27.1 Å². The Morgan fingerprint density at radius 3 is 2.58 bits per heavy atom. The molecule has 0 N–H and O–H groups in total. The molecule has 0 radical (unpaired) electrons. The molecule has 0 spiro atoms. The summed E-state index contributed by atoms with van der Waals surface area (Å²) in [6.07, 6.45) is 1.70. The molecule has 0 amide bonds. The number of hydrogen-bond acceptors (Lipinski definition) is 2. The molecule has 2 aromatic carbocycles. The van der Waals surface area contributed by atoms with Gasteiger partial charge in [0.15, 0.2) is 6.23 Å². The lowest BCUT2D eigenvalue weighted by atomic mass is 10.2. The summed E-state index contributed by atoms with van der Waals surface area (Å²) in [5.74, 6) is 0. The summed E-state index contributed by atoms with van der Waals surface area (Å²) in [7, 11) is 0. The zero-order chi connectivity index (χ0) is 13.1. The highest BCUT2D eigenvalue weighted by Gasteiger charge is 2.16. The minimum Gasteiger partial charge on any atom is -0.352 e. The summed E-state index contributed by atoms with van der Waals surface area (Å²) >= 11 is 0. The first kappa shape index (κ1) is 11.9. The molecule has 19 heavy (non-hydrogen) atoms. The van der Waals surface area contributed by atoms with Crippen LogP contribution in [0.1, 0.15) is 18.7 Å². The number of nitrogens with zero attached hydrogens (tertiary/aromatic N) is 2. The van der Waals surface area contributed by atoms with Crippen LogP contribution in [0, 0.1) is 0 Å². The average molecular weight is 252 g/mol. The third kappa shape index (κ3) is 2.25. The highest BCUT2D eigenvalue weighted by molar-refractivity contribution is 5.78. The molecule has 0 aliphatic rings. The zero-order valence-corrected chi connectivity index (χ0v) is 10.9. The third-order valence-corrected chi connectivity index (χ3v) is 3.14. The highest BCUT2D eigenvalue weighted by Crippen LogP contribution is 2.24. The number of ether oxygens (including phenoxy) is 1. The van der Waals surface area contributed by atoms with Gasteiger partial charge in [0.25, 0.3) is 0 Å². The molecule has 1 aromatic heterocycles. The van der Waals surface area contributed by atoms with Gasteiger partial charge in [-0.2, -0.15) is 5.10 Å². The SMILES string of the molecule is CCOC(c1ccccc1)n1ncc2ccccc21. The molecule has 0 saturated heterocycles. The van der Waals surface area contributed by atoms with Crippen molar-refractivity contribution in [2.75, 3.05) is 6.61 Å². The fraction of sp³-hybridized carbons (Fsp3) is 0.188. The Balaban J connectivity index is 2.10. The Hall–Kier alpha value is -2.13. The minimum absolute atomic E-state index is 0.175. The van der Waals surface area contributed by atoms with Gasteiger partial charge in [0.05, 0.1) is 11.7 Å². The van der Waals surface area contributed by atoms with E-state index in [0.29, 0.717) is 6.61 Å². The zero-order valence-electron chi connectivity index (χ0n) is 10.9. The van der Waals surface area contributed by atoms with Gasteiger partial charge in [-0.05, 0) is 13.0 Å². The van der Waals surface area contributed by atoms with Crippen molar-refractivity contribution < 1.29 is 4.74 Å². The monoisotopic (exact) mass is 252 g/mol. The normalized spacial score (nSPS) is 12.7. The Kier molecular flexibility index (Phi) is 3.29. The van der Waals surface area contributed by atoms with Crippen LogP contribution in [0.3, 0.4) is 0 Å². The molecule has 3 rings (SSSR count). The van der Waals surface area contributed by atoms with E-state index in [9.17, 15) is 0 Å². The number of aromatic nitrogens is 2. The van der Waals surface area contributed by atoms with Crippen LogP contribution in [-0.4, -0.2) is 16.4 Å². The quantitative estimate of drug-likeness (QED) is 0.709. The van der Waals surface area contributed by atoms with Crippen LogP contribution in [0.5, 0.6) is 0 Å². The number of para-hydroxylation sites is 1. The maximum absolute atomic E-state index is 5.88. The van der Waals surface area contributed by atoms with E-state index in [1.807, 2.05) is 48.1 Å². The smallest absolute Gasteiger partial charge is 0.176 e. The van der Waals surface area contributed by atoms with Crippen molar-refractivity contribution in [1.29, 1.82) is 0 Å². The van der Waals surface area contributed by atoms with Crippen LogP contribution in [0.4, 0.5) is 0 Å². The largest absolute Gasteiger partial charge is 0.352 e. The van der Waals surface area contributed by atoms with Crippen LogP contribution >= 0.6 is 0 Å². The number of benzene rings is 2. The lowest BCUT2D eigenvalue weighted by Crippen LogP contribution is -2.15. The van der Waals surface area contributed by atoms with Gasteiger partial charge in [0, 0.05) is 17.6 Å². The molecule has 3 heteroatoms. The van der Waals surface area contributed by atoms with Crippen molar-refractivity contribution >= 4 is 10.9 Å². The first-order valence-electron chi connectivity index (χ1n) is 6.49. The van der Waals surface area contributed by atoms with E-state index < -0.39 is 0 Å². The Morgan fingerprint density at radius 2 is 1.79 bits per heavy atom. The summed E-state index contributed by atoms with van der Waals surface area (Å²) in [6.45, 7) is 2.65. The summed E-state index contributed by atoms with van der Waals surface area (Å²) in [4.78, 5) is 0. The molecular weight excluding hydrogens is 236 g/mol. The van der Waals surface area contributed by atoms with Crippen molar-refractivity contribution in [1.82, 2.24) is 9.78 Å². The van der Waals surface area contributed by atoms with Gasteiger partial charge in [0.1, 0.15) is 0 Å². The predicted molar refractivity (Wildman–Crippen MR) is 75.9 cm³/mol. The van der Waals surface area contributed by atoms with Crippen molar-refractivity contribution in [2.45, 2.75) is 13.2 Å². The molecule has 0 aliphatic carbocycles. The lowest BCUT2D eigenvalue weighted by molar-refractivity contribution is 0.0354. The first-order valence-corrected chi connectivity index (χ1v) is 6.49. The molecule has 1 atom stereocenters. The van der Waals surface area contributed by atoms with E-state index in [4.69, 9.17) is 4.74 Å². The van der Waals surface area contributed by atoms with Gasteiger partial charge in [-0.25, -0.2) is 4.68 Å². The molecule has 3 aromatic rings. The fourth-order valence-electron chi connectivity index (χ4n) is 2.26. The number of rotatable bonds is 4. The number of fused-ring (bicyclic) bond motifs is 1. The van der Waals surface area contributed by atoms with Gasteiger partial charge in [-0.1, -0.05) is 48.5 Å². The second-order valence-corrected chi connectivity index (χ2v) is 4.37. The van der Waals surface area contributed by atoms with Gasteiger partial charge in [-0.15, -0.1) is 0 Å². The van der Waals surface area contributed by atoms with Crippen LogP contribution in [0.15, 0.2) is 60.8 Å². The Bertz CT molecular complexity index is 661. The second kappa shape index (κ2) is 5.24. The van der Waals surface area contributed by atoms with Gasteiger partial charge >= 0.3 is 0 Å². The van der Waals surface area contributed by atoms with E-state index in [1.54, 1.807) is 0 Å². The molecule has 96 valence electrons. The van der Waals surface area contributed by atoms with Crippen LogP contribution in [0.2, 0.25) is 0 Å². The Morgan fingerprint density at radius 1 is 1.05 bits per heavy atom. The minimum atomic E-state index is -0.175. The predicted octanol–water partition coefficient (Wildman–Crippen LogP) is 3.62. The van der Waals surface area contributed by atoms with Crippen LogP contribution in [0.25, 0.3) is 10.9 Å². The number of hydrogen-bond donors (Lipinski definition) is 0. The third-order valence-electron chi connectivity index (χ3n) is 3.14. The maximum atomic E-state index is 5.88. The van der Waals surface area contributed by atoms with Crippen LogP contribution < -0.4 is 0 Å².